The van der Waals surface area contributed by atoms with Crippen LogP contribution in [0.2, 0.25) is 0 Å². The molecule has 752 valence electrons. The van der Waals surface area contributed by atoms with Gasteiger partial charge in [-0.3, -0.25) is 24.0 Å². The highest BCUT2D eigenvalue weighted by Crippen LogP contribution is 2.41. The van der Waals surface area contributed by atoms with Crippen molar-refractivity contribution in [2.24, 2.45) is 0 Å². The lowest BCUT2D eigenvalue weighted by Crippen LogP contribution is -2.71. The molecule has 10 fully saturated rings. The van der Waals surface area contributed by atoms with Crippen LogP contribution in [0, 0.1) is 0 Å². The Bertz CT molecular complexity index is 3500. The van der Waals surface area contributed by atoms with Crippen LogP contribution >= 0.6 is 0 Å². The molecule has 10 heterocycles. The first-order chi connectivity index (χ1) is 61.7. The summed E-state index contributed by atoms with van der Waals surface area (Å²) >= 11 is 0. The van der Waals surface area contributed by atoms with E-state index in [1.54, 1.807) is 0 Å². The van der Waals surface area contributed by atoms with Gasteiger partial charge in [0.05, 0.1) is 85.3 Å². The number of nitrogens with one attached hydrogen (secondary N) is 5. The third-order valence-electron chi connectivity index (χ3n) is 23.4. The minimum absolute atomic E-state index is 0.239. The molecule has 51 atom stereocenters. The molecule has 0 aliphatic carbocycles. The van der Waals surface area contributed by atoms with Crippen LogP contribution in [-0.2, 0) is 119 Å². The summed E-state index contributed by atoms with van der Waals surface area (Å²) in [7, 11) is 0. The summed E-state index contributed by atoms with van der Waals surface area (Å²) in [5.41, 5.74) is 0. The number of carbonyl (C=O) groups excluding carboxylic acids is 5. The summed E-state index contributed by atoms with van der Waals surface area (Å²) in [6.45, 7) is -8.19. The smallest absolute Gasteiger partial charge is 0.217 e. The monoisotopic (exact) mass is 1900 g/mol. The van der Waals surface area contributed by atoms with Gasteiger partial charge >= 0.3 is 0 Å². The minimum atomic E-state index is -2.54. The Morgan fingerprint density at radius 1 is 0.254 bits per heavy atom. The summed E-state index contributed by atoms with van der Waals surface area (Å²) in [6, 6.07) is -8.73. The molecule has 0 saturated carbocycles. The zero-order chi connectivity index (χ0) is 95.6. The molecular formula is C72H121N5O53. The predicted octanol–water partition coefficient (Wildman–Crippen LogP) is -23.1. The predicted molar refractivity (Wildman–Crippen MR) is 400 cm³/mol. The summed E-state index contributed by atoms with van der Waals surface area (Å²) < 4.78 is 118. The molecule has 5 amide bonds. The molecule has 10 rings (SSSR count). The third-order valence-corrected chi connectivity index (χ3v) is 23.4. The number of aliphatic hydroxyl groups excluding tert-OH is 28. The highest BCUT2D eigenvalue weighted by molar-refractivity contribution is 5.74. The van der Waals surface area contributed by atoms with Gasteiger partial charge in [-0.15, -0.1) is 0 Å². The maximum atomic E-state index is 13.2. The maximum absolute atomic E-state index is 13.2. The molecule has 10 aliphatic rings. The van der Waals surface area contributed by atoms with E-state index in [0.717, 1.165) is 27.7 Å². The van der Waals surface area contributed by atoms with Crippen LogP contribution in [0.1, 0.15) is 27.7 Å². The molecule has 0 bridgehead atoms. The summed E-state index contributed by atoms with van der Waals surface area (Å²) in [5.74, 6) is -3.81. The largest absolute Gasteiger partial charge is 0.394 e. The normalized spacial score (nSPS) is 47.6. The lowest BCUT2D eigenvalue weighted by molar-refractivity contribution is -0.389. The Labute approximate surface area is 736 Å². The van der Waals surface area contributed by atoms with Crippen molar-refractivity contribution in [3.8, 4) is 0 Å². The maximum Gasteiger partial charge on any atom is 0.217 e. The zero-order valence-corrected chi connectivity index (χ0v) is 69.7. The van der Waals surface area contributed by atoms with Crippen LogP contribution in [0.15, 0.2) is 0 Å². The Balaban J connectivity index is 0.899. The third kappa shape index (κ3) is 24.4. The molecule has 0 aromatic carbocycles. The quantitative estimate of drug-likeness (QED) is 0.0255. The van der Waals surface area contributed by atoms with E-state index in [2.05, 4.69) is 26.6 Å². The standard InChI is InChI=1S/C72H121N5O53/c1-18(88)74-33-42(97)56(124-68-50(105)46(101)37(92)23(6-79)114-68)26(9-82)117-63(33)112-15-31-39(94)48(103)52(107)70(122-31)126-57-27(10-83)118-64(34(43(57)98)75-19(2)89)113-16-32-41(96)62(130-66-35(76-20(3)90)44(99)58(28(11-84)119-66)125-69-51(106)47(102)38(93)24(7-80)115-69)55(110)72(123-32)127-59-29(12-85)120-65(36(45(59)100)77-21(4)91)129-61-40(95)25(8-81)116-71(54(61)109)128-60-30(13-86)121-67(53(108)49(60)104)111-14-22(5-78)73-17-87/h17,22-72,78-86,92-110H,5-16H2,1-4H3,(H,73,87)(H,74,88)(H,75,89)(H,76,90)(H,77,91)/t22-,23-,24-,25-,26-,27-,28-,29-,30-,31-,32-,33-,34-,35-,36-,37+,38+,39+,40+,41+,42-,43-,44-,45-,46+,47+,48+,49-,50-,51-,52-,53-,54-,55-,56-,57-,58-,59-,60-,61+,62+,63-,64-,65+,66+,67-,68+,69+,70+,71+,72+/m1/s1. The average Bonchev–Trinajstić information content (AvgIpc) is 0.766. The molecule has 0 unspecified atom stereocenters. The number of rotatable bonds is 38. The summed E-state index contributed by atoms with van der Waals surface area (Å²) in [4.78, 5) is 63.1. The van der Waals surface area contributed by atoms with Gasteiger partial charge in [-0.1, -0.05) is 0 Å². The average molecular weight is 1900 g/mol. The SMILES string of the molecule is CC(=O)N[C@H]1[C@H](OC[C@H]2O[C@@H](O[C@H]3[C@H](O)[C@@H](NC(C)=O)[C@H](OC[C@H]4O[C@@H](O[C@H]5[C@H](O)[C@@H](NC(C)=O)[C@H](O[C@H]6[C@@H](O)[C@@H](CO)O[C@@H](O[C@H]7[C@H](O)[C@@H](O)[C@H](OC[C@@H](CO)NC=O)O[C@@H]7CO)[C@@H]6O)O[C@@H]5CO)[C@H](O)[C@@H](O[C@@H]5O[C@H](CO)[C@@H](O[C@@H]6O[C@H](CO)[C@H](O)[C@H](O)[C@H]6O)[C@H](O)[C@H]5NC(C)=O)[C@H]4O)O[C@@H]3CO)[C@H](O)[C@@H](O)[C@H]2O)O[C@H](CO)[C@@H](O[C@@H]2O[C@H](CO)[C@H](O)[C@H](O)[C@H]2O)[C@@H]1O. The first-order valence-corrected chi connectivity index (χ1v) is 41.4. The Morgan fingerprint density at radius 2 is 0.485 bits per heavy atom. The topological polar surface area (TPSA) is 897 Å². The number of aliphatic hydroxyl groups is 28. The molecular weight excluding hydrogens is 1780 g/mol. The molecule has 33 N–H and O–H groups in total. The molecule has 10 aliphatic heterocycles. The van der Waals surface area contributed by atoms with E-state index in [0.29, 0.717) is 0 Å². The second-order valence-corrected chi connectivity index (χ2v) is 32.5. The second-order valence-electron chi connectivity index (χ2n) is 32.5. The zero-order valence-electron chi connectivity index (χ0n) is 69.7. The van der Waals surface area contributed by atoms with Crippen molar-refractivity contribution >= 4 is 30.0 Å². The van der Waals surface area contributed by atoms with Gasteiger partial charge in [-0.25, -0.2) is 0 Å². The van der Waals surface area contributed by atoms with Crippen LogP contribution in [-0.4, -0.2) is 565 Å². The Morgan fingerprint density at radius 3 is 0.785 bits per heavy atom. The van der Waals surface area contributed by atoms with Crippen molar-refractivity contribution in [2.75, 3.05) is 79.3 Å². The molecule has 10 saturated heterocycles. The van der Waals surface area contributed by atoms with Gasteiger partial charge in [0.2, 0.25) is 30.0 Å². The van der Waals surface area contributed by atoms with E-state index in [9.17, 15) is 167 Å². The Kier molecular flexibility index (Phi) is 39.8. The van der Waals surface area contributed by atoms with E-state index in [1.165, 1.54) is 0 Å². The van der Waals surface area contributed by atoms with Crippen LogP contribution in [0.25, 0.3) is 0 Å². The highest BCUT2D eigenvalue weighted by atomic mass is 16.8. The van der Waals surface area contributed by atoms with Crippen LogP contribution < -0.4 is 26.6 Å². The molecule has 0 aromatic rings. The van der Waals surface area contributed by atoms with E-state index >= 15 is 0 Å². The first kappa shape index (κ1) is 107. The fourth-order valence-electron chi connectivity index (χ4n) is 16.5. The van der Waals surface area contributed by atoms with Crippen LogP contribution in [0.5, 0.6) is 0 Å². The van der Waals surface area contributed by atoms with E-state index in [4.69, 9.17) is 94.7 Å². The van der Waals surface area contributed by atoms with Gasteiger partial charge in [0.1, 0.15) is 244 Å². The second kappa shape index (κ2) is 48.1. The van der Waals surface area contributed by atoms with Crippen molar-refractivity contribution in [3.05, 3.63) is 0 Å². The van der Waals surface area contributed by atoms with E-state index in [1.807, 2.05) is 0 Å². The molecule has 0 spiro atoms. The summed E-state index contributed by atoms with van der Waals surface area (Å²) in [5, 5.41) is 323. The summed E-state index contributed by atoms with van der Waals surface area (Å²) in [6.07, 6.45) is -94.2. The van der Waals surface area contributed by atoms with Gasteiger partial charge in [0.25, 0.3) is 0 Å². The van der Waals surface area contributed by atoms with Crippen molar-refractivity contribution in [1.29, 1.82) is 0 Å². The minimum Gasteiger partial charge on any atom is -0.394 e. The lowest BCUT2D eigenvalue weighted by atomic mass is 9.93. The van der Waals surface area contributed by atoms with Gasteiger partial charge in [0, 0.05) is 27.7 Å². The van der Waals surface area contributed by atoms with Gasteiger partial charge < -0.3 is 264 Å². The lowest BCUT2D eigenvalue weighted by Gasteiger charge is -2.51. The fraction of sp³-hybridized carbons (Fsp3) is 0.931. The van der Waals surface area contributed by atoms with Crippen molar-refractivity contribution in [3.63, 3.8) is 0 Å². The Hall–Kier alpha value is -4.57. The van der Waals surface area contributed by atoms with Crippen LogP contribution in [0.3, 0.4) is 0 Å². The van der Waals surface area contributed by atoms with Crippen molar-refractivity contribution in [2.45, 2.75) is 341 Å². The number of hydrogen-bond donors (Lipinski definition) is 33. The number of amides is 5. The molecule has 58 heteroatoms. The van der Waals surface area contributed by atoms with Gasteiger partial charge in [0.15, 0.2) is 62.9 Å². The molecule has 0 radical (unpaired) electrons. The number of ether oxygens (including phenoxy) is 20. The van der Waals surface area contributed by atoms with Crippen LogP contribution in [0.4, 0.5) is 0 Å². The number of hydrogen-bond acceptors (Lipinski definition) is 53. The molecule has 0 aromatic heterocycles. The highest BCUT2D eigenvalue weighted by Gasteiger charge is 2.62. The first-order valence-electron chi connectivity index (χ1n) is 41.4. The van der Waals surface area contributed by atoms with Crippen molar-refractivity contribution < 1.29 is 262 Å². The molecule has 58 nitrogen and oxygen atoms in total. The van der Waals surface area contributed by atoms with E-state index in [-0.39, 0.29) is 6.41 Å². The number of carbonyl (C=O) groups is 5. The van der Waals surface area contributed by atoms with Gasteiger partial charge in [-0.05, 0) is 0 Å². The van der Waals surface area contributed by atoms with Crippen molar-refractivity contribution in [1.82, 2.24) is 26.6 Å². The van der Waals surface area contributed by atoms with Gasteiger partial charge in [-0.2, -0.15) is 0 Å². The molecule has 130 heavy (non-hydrogen) atoms. The van der Waals surface area contributed by atoms with E-state index < -0.39 is 416 Å². The fourth-order valence-corrected chi connectivity index (χ4v) is 16.5.